The van der Waals surface area contributed by atoms with Crippen LogP contribution in [0.1, 0.15) is 45.4 Å². The molecule has 0 fully saturated rings. The fraction of sp³-hybridized carbons (Fsp3) is 0.200. The number of hydrogen-bond acceptors (Lipinski definition) is 3. The highest BCUT2D eigenvalue weighted by molar-refractivity contribution is 7.91. The van der Waals surface area contributed by atoms with E-state index in [1.54, 1.807) is 11.3 Å². The SMILES string of the molecule is CCCCCCCCS(=O)(=O)c1cc(-c2c3ccccc3cc3ccccc23)sc1-c1c2ccccc2cc2ccccc12. The first kappa shape index (κ1) is 28.8. The van der Waals surface area contributed by atoms with Gasteiger partial charge in [-0.3, -0.25) is 0 Å². The Labute approximate surface area is 263 Å². The number of fused-ring (bicyclic) bond motifs is 4. The first-order chi connectivity index (χ1) is 21.5. The van der Waals surface area contributed by atoms with Gasteiger partial charge in [0.25, 0.3) is 0 Å². The first-order valence-corrected chi connectivity index (χ1v) is 18.2. The second kappa shape index (κ2) is 12.2. The molecule has 0 N–H and O–H groups in total. The molecule has 0 aliphatic heterocycles. The Hall–Kier alpha value is -3.99. The molecule has 0 saturated heterocycles. The molecule has 0 radical (unpaired) electrons. The lowest BCUT2D eigenvalue weighted by Gasteiger charge is -2.13. The van der Waals surface area contributed by atoms with Gasteiger partial charge in [0.15, 0.2) is 9.84 Å². The van der Waals surface area contributed by atoms with Crippen molar-refractivity contribution in [3.63, 3.8) is 0 Å². The van der Waals surface area contributed by atoms with Crippen LogP contribution in [0.2, 0.25) is 0 Å². The molecule has 0 atom stereocenters. The van der Waals surface area contributed by atoms with Gasteiger partial charge in [0.1, 0.15) is 0 Å². The van der Waals surface area contributed by atoms with Crippen LogP contribution in [-0.4, -0.2) is 14.2 Å². The van der Waals surface area contributed by atoms with Gasteiger partial charge in [0, 0.05) is 16.0 Å². The lowest BCUT2D eigenvalue weighted by Crippen LogP contribution is -2.07. The average molecular weight is 613 g/mol. The quantitative estimate of drug-likeness (QED) is 0.114. The molecule has 7 aromatic rings. The molecule has 0 aliphatic carbocycles. The predicted molar refractivity (Wildman–Crippen MR) is 191 cm³/mol. The summed E-state index contributed by atoms with van der Waals surface area (Å²) < 4.78 is 28.7. The summed E-state index contributed by atoms with van der Waals surface area (Å²) >= 11 is 1.62. The van der Waals surface area contributed by atoms with Crippen molar-refractivity contribution in [2.75, 3.05) is 5.75 Å². The Kier molecular flexibility index (Phi) is 7.97. The van der Waals surface area contributed by atoms with Gasteiger partial charge in [-0.05, 0) is 67.7 Å². The molecule has 4 heteroatoms. The molecule has 0 amide bonds. The zero-order valence-corrected chi connectivity index (χ0v) is 26.7. The number of sulfone groups is 1. The summed E-state index contributed by atoms with van der Waals surface area (Å²) in [6.45, 7) is 2.20. The largest absolute Gasteiger partial charge is 0.224 e. The molecular weight excluding hydrogens is 577 g/mol. The Balaban J connectivity index is 1.49. The van der Waals surface area contributed by atoms with E-state index in [4.69, 9.17) is 0 Å². The summed E-state index contributed by atoms with van der Waals surface area (Å²) in [6, 6.07) is 40.1. The van der Waals surface area contributed by atoms with Gasteiger partial charge in [-0.15, -0.1) is 11.3 Å². The minimum absolute atomic E-state index is 0.168. The summed E-state index contributed by atoms with van der Waals surface area (Å²) in [5.74, 6) is 0.168. The van der Waals surface area contributed by atoms with E-state index < -0.39 is 9.84 Å². The van der Waals surface area contributed by atoms with E-state index >= 15 is 0 Å². The third kappa shape index (κ3) is 5.31. The van der Waals surface area contributed by atoms with Gasteiger partial charge in [0.2, 0.25) is 0 Å². The number of benzene rings is 6. The molecule has 6 aromatic carbocycles. The smallest absolute Gasteiger partial charge is 0.179 e. The summed E-state index contributed by atoms with van der Waals surface area (Å²) in [4.78, 5) is 2.30. The van der Waals surface area contributed by atoms with Crippen LogP contribution < -0.4 is 0 Å². The van der Waals surface area contributed by atoms with Gasteiger partial charge in [-0.1, -0.05) is 136 Å². The van der Waals surface area contributed by atoms with Crippen molar-refractivity contribution in [2.24, 2.45) is 0 Å². The maximum atomic E-state index is 14.4. The molecule has 2 nitrogen and oxygen atoms in total. The van der Waals surface area contributed by atoms with E-state index in [2.05, 4.69) is 116 Å². The highest BCUT2D eigenvalue weighted by Gasteiger charge is 2.27. The normalized spacial score (nSPS) is 12.1. The zero-order chi connectivity index (χ0) is 30.1. The maximum Gasteiger partial charge on any atom is 0.179 e. The van der Waals surface area contributed by atoms with Crippen molar-refractivity contribution in [1.29, 1.82) is 0 Å². The Morgan fingerprint density at radius 3 is 1.45 bits per heavy atom. The van der Waals surface area contributed by atoms with E-state index in [0.29, 0.717) is 11.3 Å². The molecule has 220 valence electrons. The minimum atomic E-state index is -3.55. The van der Waals surface area contributed by atoms with Crippen LogP contribution in [0.25, 0.3) is 64.0 Å². The fourth-order valence-electron chi connectivity index (χ4n) is 6.62. The van der Waals surface area contributed by atoms with E-state index in [1.165, 1.54) is 19.3 Å². The predicted octanol–water partition coefficient (Wildman–Crippen LogP) is 11.8. The maximum absolute atomic E-state index is 14.4. The topological polar surface area (TPSA) is 34.1 Å². The van der Waals surface area contributed by atoms with Crippen LogP contribution in [-0.2, 0) is 9.84 Å². The Bertz CT molecular complexity index is 2130. The van der Waals surface area contributed by atoms with Crippen LogP contribution in [0.4, 0.5) is 0 Å². The average Bonchev–Trinajstić information content (AvgIpc) is 3.49. The number of unbranched alkanes of at least 4 members (excludes halogenated alkanes) is 5. The summed E-state index contributed by atoms with van der Waals surface area (Å²) in [5.41, 5.74) is 2.12. The highest BCUT2D eigenvalue weighted by atomic mass is 32.2. The zero-order valence-electron chi connectivity index (χ0n) is 25.1. The minimum Gasteiger partial charge on any atom is -0.224 e. The summed E-state index contributed by atoms with van der Waals surface area (Å²) in [5, 5.41) is 8.99. The van der Waals surface area contributed by atoms with Crippen molar-refractivity contribution in [1.82, 2.24) is 0 Å². The fourth-order valence-corrected chi connectivity index (χ4v) is 9.89. The lowest BCUT2D eigenvalue weighted by atomic mass is 9.95. The molecule has 1 aromatic heterocycles. The first-order valence-electron chi connectivity index (χ1n) is 15.7. The molecule has 0 spiro atoms. The molecule has 1 heterocycles. The van der Waals surface area contributed by atoms with Gasteiger partial charge < -0.3 is 0 Å². The Morgan fingerprint density at radius 1 is 0.523 bits per heavy atom. The standard InChI is InChI=1S/C40H36O2S2/c1-2-3-4-5-6-15-24-44(41,42)37-27-36(38-32-20-11-7-16-28(32)25-29-17-8-12-21-33(29)38)43-40(37)39-34-22-13-9-18-30(34)26-31-19-10-14-23-35(31)39/h7-14,16-23,25-27H,2-6,15,24H2,1H3. The summed E-state index contributed by atoms with van der Waals surface area (Å²) in [6.07, 6.45) is 6.27. The van der Waals surface area contributed by atoms with E-state index in [1.807, 2.05) is 6.07 Å². The van der Waals surface area contributed by atoms with Crippen LogP contribution >= 0.6 is 11.3 Å². The highest BCUT2D eigenvalue weighted by Crippen LogP contribution is 2.49. The second-order valence-electron chi connectivity index (χ2n) is 11.8. The van der Waals surface area contributed by atoms with Crippen molar-refractivity contribution in [2.45, 2.75) is 50.3 Å². The van der Waals surface area contributed by atoms with Gasteiger partial charge in [-0.25, -0.2) is 8.42 Å². The molecule has 0 saturated carbocycles. The van der Waals surface area contributed by atoms with Gasteiger partial charge in [-0.2, -0.15) is 0 Å². The monoisotopic (exact) mass is 612 g/mol. The lowest BCUT2D eigenvalue weighted by molar-refractivity contribution is 0.584. The number of rotatable bonds is 10. The molecule has 0 bridgehead atoms. The summed E-state index contributed by atoms with van der Waals surface area (Å²) in [7, 11) is -3.55. The molecule has 44 heavy (non-hydrogen) atoms. The van der Waals surface area contributed by atoms with Crippen LogP contribution in [0.3, 0.4) is 0 Å². The van der Waals surface area contributed by atoms with E-state index in [-0.39, 0.29) is 5.75 Å². The van der Waals surface area contributed by atoms with Crippen LogP contribution in [0.15, 0.2) is 120 Å². The third-order valence-electron chi connectivity index (χ3n) is 8.82. The Morgan fingerprint density at radius 2 is 0.955 bits per heavy atom. The van der Waals surface area contributed by atoms with Crippen molar-refractivity contribution in [3.8, 4) is 20.9 Å². The number of thiophene rings is 1. The molecule has 7 rings (SSSR count). The van der Waals surface area contributed by atoms with Gasteiger partial charge >= 0.3 is 0 Å². The molecule has 0 aliphatic rings. The molecular formula is C40H36O2S2. The molecule has 0 unspecified atom stereocenters. The second-order valence-corrected chi connectivity index (χ2v) is 14.9. The number of hydrogen-bond donors (Lipinski definition) is 0. The third-order valence-corrected chi connectivity index (χ3v) is 11.9. The van der Waals surface area contributed by atoms with E-state index in [9.17, 15) is 8.42 Å². The van der Waals surface area contributed by atoms with Crippen LogP contribution in [0, 0.1) is 0 Å². The van der Waals surface area contributed by atoms with Crippen molar-refractivity contribution in [3.05, 3.63) is 115 Å². The van der Waals surface area contributed by atoms with E-state index in [0.717, 1.165) is 76.8 Å². The van der Waals surface area contributed by atoms with Crippen LogP contribution in [0.5, 0.6) is 0 Å². The van der Waals surface area contributed by atoms with Crippen molar-refractivity contribution < 1.29 is 8.42 Å². The van der Waals surface area contributed by atoms with Gasteiger partial charge in [0.05, 0.1) is 15.5 Å². The van der Waals surface area contributed by atoms with Crippen molar-refractivity contribution >= 4 is 64.3 Å².